The van der Waals surface area contributed by atoms with E-state index in [1.54, 1.807) is 0 Å². The van der Waals surface area contributed by atoms with E-state index in [4.69, 9.17) is 5.53 Å². The molecule has 2 N–H and O–H groups in total. The molecule has 0 saturated heterocycles. The van der Waals surface area contributed by atoms with Gasteiger partial charge in [-0.05, 0) is 24.1 Å². The summed E-state index contributed by atoms with van der Waals surface area (Å²) in [6.07, 6.45) is -3.06. The number of methoxy groups -OCH3 is 1. The summed E-state index contributed by atoms with van der Waals surface area (Å²) in [5.41, 5.74) is 7.68. The van der Waals surface area contributed by atoms with Crippen LogP contribution in [0.1, 0.15) is 18.1 Å². The Balaban J connectivity index is 2.90. The van der Waals surface area contributed by atoms with E-state index in [-0.39, 0.29) is 24.3 Å². The molecule has 1 aromatic carbocycles. The van der Waals surface area contributed by atoms with Gasteiger partial charge < -0.3 is 14.9 Å². The van der Waals surface area contributed by atoms with Crippen LogP contribution < -0.4 is 4.74 Å². The van der Waals surface area contributed by atoms with Crippen LogP contribution in [0.5, 0.6) is 5.75 Å². The Hall–Kier alpha value is -1.89. The second-order valence-corrected chi connectivity index (χ2v) is 3.74. The second-order valence-electron chi connectivity index (χ2n) is 3.74. The fourth-order valence-corrected chi connectivity index (χ4v) is 1.53. The van der Waals surface area contributed by atoms with Gasteiger partial charge in [-0.2, -0.15) is 4.39 Å². The Morgan fingerprint density at radius 3 is 2.63 bits per heavy atom. The monoisotopic (exact) mass is 273 g/mol. The number of benzene rings is 1. The molecule has 0 aliphatic heterocycles. The molecule has 0 aliphatic rings. The number of nitrogens with zero attached hydrogens (tertiary/aromatic N) is 3. The van der Waals surface area contributed by atoms with Crippen molar-refractivity contribution in [2.45, 2.75) is 18.6 Å². The number of azide groups is 1. The molecule has 2 atom stereocenters. The highest BCUT2D eigenvalue weighted by atomic mass is 19.2. The van der Waals surface area contributed by atoms with Gasteiger partial charge in [0, 0.05) is 17.0 Å². The molecule has 0 radical (unpaired) electrons. The van der Waals surface area contributed by atoms with Gasteiger partial charge in [0.25, 0.3) is 0 Å². The fourth-order valence-electron chi connectivity index (χ4n) is 1.53. The van der Waals surface area contributed by atoms with Crippen molar-refractivity contribution < 1.29 is 23.7 Å². The number of ether oxygens (including phenoxy) is 1. The predicted molar refractivity (Wildman–Crippen MR) is 62.5 cm³/mol. The van der Waals surface area contributed by atoms with Gasteiger partial charge in [0.15, 0.2) is 11.6 Å². The maximum atomic E-state index is 13.6. The zero-order chi connectivity index (χ0) is 14.4. The van der Waals surface area contributed by atoms with Crippen LogP contribution in [0, 0.1) is 11.6 Å². The molecule has 0 spiro atoms. The fraction of sp³-hybridized carbons (Fsp3) is 0.455. The van der Waals surface area contributed by atoms with Crippen molar-refractivity contribution in [3.63, 3.8) is 0 Å². The molecule has 1 aromatic rings. The van der Waals surface area contributed by atoms with E-state index < -0.39 is 23.8 Å². The molecule has 2 unspecified atom stereocenters. The number of hydrogen-bond donors (Lipinski definition) is 2. The van der Waals surface area contributed by atoms with Gasteiger partial charge in [0.05, 0.1) is 13.2 Å². The van der Waals surface area contributed by atoms with Crippen LogP contribution in [0.2, 0.25) is 0 Å². The third-order valence-corrected chi connectivity index (χ3v) is 2.57. The number of aliphatic hydroxyl groups is 2. The normalized spacial score (nSPS) is 13.5. The Labute approximate surface area is 107 Å². The minimum absolute atomic E-state index is 0.0605. The number of rotatable bonds is 6. The summed E-state index contributed by atoms with van der Waals surface area (Å²) in [6, 6.07) is 2.27. The summed E-state index contributed by atoms with van der Waals surface area (Å²) in [7, 11) is 1.18. The lowest BCUT2D eigenvalue weighted by Gasteiger charge is -2.18. The van der Waals surface area contributed by atoms with Crippen molar-refractivity contribution >= 4 is 0 Å². The largest absolute Gasteiger partial charge is 0.494 e. The average Bonchev–Trinajstić information content (AvgIpc) is 2.41. The second kappa shape index (κ2) is 6.89. The van der Waals surface area contributed by atoms with E-state index in [1.807, 2.05) is 0 Å². The first-order chi connectivity index (χ1) is 9.02. The topological polar surface area (TPSA) is 98.5 Å². The summed E-state index contributed by atoms with van der Waals surface area (Å²) in [6.45, 7) is -0.0605. The highest BCUT2D eigenvalue weighted by Crippen LogP contribution is 2.28. The van der Waals surface area contributed by atoms with Crippen molar-refractivity contribution in [1.82, 2.24) is 0 Å². The van der Waals surface area contributed by atoms with E-state index in [2.05, 4.69) is 14.8 Å². The molecule has 6 nitrogen and oxygen atoms in total. The van der Waals surface area contributed by atoms with Crippen LogP contribution in [0.4, 0.5) is 8.78 Å². The summed E-state index contributed by atoms with van der Waals surface area (Å²) in [5, 5.41) is 22.5. The molecule has 0 aliphatic carbocycles. The summed E-state index contributed by atoms with van der Waals surface area (Å²) in [5.74, 6) is -2.81. The van der Waals surface area contributed by atoms with Gasteiger partial charge in [0.1, 0.15) is 6.10 Å². The molecule has 0 heterocycles. The van der Waals surface area contributed by atoms with E-state index in [0.717, 1.165) is 12.1 Å². The van der Waals surface area contributed by atoms with Crippen LogP contribution in [0.3, 0.4) is 0 Å². The van der Waals surface area contributed by atoms with E-state index in [0.29, 0.717) is 0 Å². The van der Waals surface area contributed by atoms with Gasteiger partial charge in [-0.1, -0.05) is 5.11 Å². The third kappa shape index (κ3) is 3.54. The van der Waals surface area contributed by atoms with Gasteiger partial charge in [-0.25, -0.2) is 4.39 Å². The van der Waals surface area contributed by atoms with Gasteiger partial charge in [0.2, 0.25) is 5.82 Å². The molecule has 19 heavy (non-hydrogen) atoms. The Morgan fingerprint density at radius 1 is 1.37 bits per heavy atom. The summed E-state index contributed by atoms with van der Waals surface area (Å²) < 4.78 is 31.7. The van der Waals surface area contributed by atoms with E-state index in [9.17, 15) is 19.0 Å². The molecular formula is C11H13F2N3O3. The Bertz CT molecular complexity index is 492. The molecule has 104 valence electrons. The minimum atomic E-state index is -1.62. The maximum absolute atomic E-state index is 13.6. The smallest absolute Gasteiger partial charge is 0.200 e. The number of halogens is 2. The lowest BCUT2D eigenvalue weighted by Crippen LogP contribution is -2.20. The molecule has 0 amide bonds. The Kier molecular flexibility index (Phi) is 5.50. The van der Waals surface area contributed by atoms with E-state index >= 15 is 0 Å². The zero-order valence-electron chi connectivity index (χ0n) is 10.1. The zero-order valence-corrected chi connectivity index (χ0v) is 10.1. The Morgan fingerprint density at radius 2 is 2.05 bits per heavy atom. The molecule has 0 fully saturated rings. The SMILES string of the molecule is COc1ccc(C(O)C(O)CCN=[N+]=[N-])c(F)c1F. The standard InChI is InChI=1S/C11H13F2N3O3/c1-19-8-3-2-6(9(12)10(8)13)11(18)7(17)4-5-15-16-14/h2-3,7,11,17-18H,4-5H2,1H3. The number of hydrogen-bond acceptors (Lipinski definition) is 4. The highest BCUT2D eigenvalue weighted by molar-refractivity contribution is 5.32. The predicted octanol–water partition coefficient (Wildman–Crippen LogP) is 2.07. The highest BCUT2D eigenvalue weighted by Gasteiger charge is 2.24. The van der Waals surface area contributed by atoms with Crippen molar-refractivity contribution in [2.75, 3.05) is 13.7 Å². The van der Waals surface area contributed by atoms with Crippen LogP contribution in [-0.2, 0) is 0 Å². The first-order valence-electron chi connectivity index (χ1n) is 5.41. The minimum Gasteiger partial charge on any atom is -0.494 e. The van der Waals surface area contributed by atoms with Crippen LogP contribution in [0.25, 0.3) is 10.4 Å². The molecule has 0 bridgehead atoms. The van der Waals surface area contributed by atoms with Crippen molar-refractivity contribution in [3.05, 3.63) is 39.8 Å². The lowest BCUT2D eigenvalue weighted by atomic mass is 10.0. The first-order valence-corrected chi connectivity index (χ1v) is 5.41. The van der Waals surface area contributed by atoms with Crippen molar-refractivity contribution in [3.8, 4) is 5.75 Å². The molecule has 0 saturated carbocycles. The number of aliphatic hydroxyl groups excluding tert-OH is 2. The maximum Gasteiger partial charge on any atom is 0.200 e. The van der Waals surface area contributed by atoms with Crippen LogP contribution in [0.15, 0.2) is 17.2 Å². The molecule has 1 rings (SSSR count). The van der Waals surface area contributed by atoms with Crippen LogP contribution >= 0.6 is 0 Å². The summed E-state index contributed by atoms with van der Waals surface area (Å²) in [4.78, 5) is 2.48. The van der Waals surface area contributed by atoms with Gasteiger partial charge in [-0.15, -0.1) is 0 Å². The van der Waals surface area contributed by atoms with Crippen molar-refractivity contribution in [2.24, 2.45) is 5.11 Å². The summed E-state index contributed by atoms with van der Waals surface area (Å²) >= 11 is 0. The van der Waals surface area contributed by atoms with Gasteiger partial charge in [-0.3, -0.25) is 0 Å². The van der Waals surface area contributed by atoms with Crippen molar-refractivity contribution in [1.29, 1.82) is 0 Å². The lowest BCUT2D eigenvalue weighted by molar-refractivity contribution is 0.0125. The third-order valence-electron chi connectivity index (χ3n) is 2.57. The average molecular weight is 273 g/mol. The molecule has 0 aromatic heterocycles. The quantitative estimate of drug-likeness (QED) is 0.471. The first kappa shape index (κ1) is 15.2. The molecule has 8 heteroatoms. The molecular weight excluding hydrogens is 260 g/mol. The van der Waals surface area contributed by atoms with Crippen LogP contribution in [-0.4, -0.2) is 30.0 Å². The van der Waals surface area contributed by atoms with E-state index in [1.165, 1.54) is 7.11 Å². The van der Waals surface area contributed by atoms with Gasteiger partial charge >= 0.3 is 0 Å².